The number of nitrogens with one attached hydrogen (secondary N) is 1. The molecule has 100 valence electrons. The largest absolute Gasteiger partial charge is 0.337 e. The molecule has 0 aliphatic carbocycles. The molecule has 0 aromatic carbocycles. The molecule has 1 N–H and O–H groups in total. The van der Waals surface area contributed by atoms with Gasteiger partial charge in [0.05, 0.1) is 11.2 Å². The molecule has 5 heteroatoms. The van der Waals surface area contributed by atoms with Crippen molar-refractivity contribution >= 4 is 17.2 Å². The smallest absolute Gasteiger partial charge is 0.265 e. The van der Waals surface area contributed by atoms with E-state index < -0.39 is 0 Å². The van der Waals surface area contributed by atoms with Crippen LogP contribution in [-0.2, 0) is 5.41 Å². The summed E-state index contributed by atoms with van der Waals surface area (Å²) in [7, 11) is 0. The van der Waals surface area contributed by atoms with E-state index in [4.69, 9.17) is 0 Å². The lowest BCUT2D eigenvalue weighted by molar-refractivity contribution is 0.0768. The summed E-state index contributed by atoms with van der Waals surface area (Å²) in [5, 5.41) is 3.32. The molecule has 1 amide bonds. The second-order valence-electron chi connectivity index (χ2n) is 5.68. The zero-order valence-electron chi connectivity index (χ0n) is 11.3. The van der Waals surface area contributed by atoms with Crippen LogP contribution < -0.4 is 5.32 Å². The van der Waals surface area contributed by atoms with Crippen LogP contribution in [0, 0.1) is 0 Å². The van der Waals surface area contributed by atoms with E-state index in [9.17, 15) is 4.79 Å². The molecule has 1 aromatic rings. The quantitative estimate of drug-likeness (QED) is 0.845. The molecule has 0 spiro atoms. The number of nitrogens with zero attached hydrogens (tertiary/aromatic N) is 2. The minimum atomic E-state index is -0.0743. The first kappa shape index (κ1) is 13.5. The van der Waals surface area contributed by atoms with Crippen molar-refractivity contribution in [1.82, 2.24) is 15.2 Å². The van der Waals surface area contributed by atoms with Crippen molar-refractivity contribution in [1.29, 1.82) is 0 Å². The minimum absolute atomic E-state index is 0.0743. The third kappa shape index (κ3) is 2.90. The summed E-state index contributed by atoms with van der Waals surface area (Å²) in [5.41, 5.74) is 2.63. The summed E-state index contributed by atoms with van der Waals surface area (Å²) >= 11 is 1.46. The van der Waals surface area contributed by atoms with Gasteiger partial charge in [-0.15, -0.1) is 11.3 Å². The molecule has 2 heterocycles. The maximum atomic E-state index is 12.5. The average molecular weight is 267 g/mol. The van der Waals surface area contributed by atoms with Gasteiger partial charge in [-0.1, -0.05) is 20.8 Å². The Morgan fingerprint density at radius 3 is 2.89 bits per heavy atom. The van der Waals surface area contributed by atoms with Gasteiger partial charge in [-0.05, 0) is 13.0 Å². The fraction of sp³-hybridized carbons (Fsp3) is 0.692. The molecule has 1 aliphatic heterocycles. The molecular formula is C13H21N3OS. The number of amides is 1. The first-order valence-electron chi connectivity index (χ1n) is 6.44. The van der Waals surface area contributed by atoms with Crippen molar-refractivity contribution in [2.75, 3.05) is 26.2 Å². The first-order valence-corrected chi connectivity index (χ1v) is 7.32. The number of carbonyl (C=O) groups is 1. The number of carbonyl (C=O) groups excluding carboxylic acids is 1. The second-order valence-corrected chi connectivity index (χ2v) is 6.53. The summed E-state index contributed by atoms with van der Waals surface area (Å²) in [6, 6.07) is 0. The van der Waals surface area contributed by atoms with Crippen LogP contribution >= 0.6 is 11.3 Å². The van der Waals surface area contributed by atoms with Gasteiger partial charge in [0.1, 0.15) is 4.88 Å². The molecule has 0 bridgehead atoms. The van der Waals surface area contributed by atoms with Crippen LogP contribution in [0.5, 0.6) is 0 Å². The fourth-order valence-electron chi connectivity index (χ4n) is 2.12. The summed E-state index contributed by atoms with van der Waals surface area (Å²) in [5.74, 6) is 0.145. The Balaban J connectivity index is 2.20. The molecule has 0 saturated carbocycles. The van der Waals surface area contributed by atoms with Crippen molar-refractivity contribution in [2.24, 2.45) is 0 Å². The van der Waals surface area contributed by atoms with Gasteiger partial charge in [-0.3, -0.25) is 4.79 Å². The van der Waals surface area contributed by atoms with Gasteiger partial charge in [0.2, 0.25) is 0 Å². The predicted octanol–water partition coefficient (Wildman–Crippen LogP) is 1.88. The van der Waals surface area contributed by atoms with Crippen molar-refractivity contribution in [3.8, 4) is 0 Å². The predicted molar refractivity (Wildman–Crippen MR) is 74.2 cm³/mol. The Labute approximate surface area is 112 Å². The van der Waals surface area contributed by atoms with Gasteiger partial charge in [0.25, 0.3) is 5.91 Å². The van der Waals surface area contributed by atoms with Crippen molar-refractivity contribution in [3.63, 3.8) is 0 Å². The average Bonchev–Trinajstić information content (AvgIpc) is 2.64. The van der Waals surface area contributed by atoms with Crippen LogP contribution in [0.2, 0.25) is 0 Å². The second kappa shape index (κ2) is 5.36. The number of rotatable bonds is 1. The van der Waals surface area contributed by atoms with E-state index >= 15 is 0 Å². The molecular weight excluding hydrogens is 246 g/mol. The van der Waals surface area contributed by atoms with Gasteiger partial charge in [-0.25, -0.2) is 4.98 Å². The summed E-state index contributed by atoms with van der Waals surface area (Å²) in [6.45, 7) is 9.82. The molecule has 18 heavy (non-hydrogen) atoms. The normalized spacial score (nSPS) is 17.6. The van der Waals surface area contributed by atoms with Crippen LogP contribution in [0.3, 0.4) is 0 Å². The van der Waals surface area contributed by atoms with Crippen molar-refractivity contribution < 1.29 is 4.79 Å². The summed E-state index contributed by atoms with van der Waals surface area (Å²) in [4.78, 5) is 19.7. The monoisotopic (exact) mass is 267 g/mol. The van der Waals surface area contributed by atoms with E-state index in [0.717, 1.165) is 43.2 Å². The maximum absolute atomic E-state index is 12.5. The highest BCUT2D eigenvalue weighted by Gasteiger charge is 2.27. The number of aromatic nitrogens is 1. The van der Waals surface area contributed by atoms with E-state index in [1.165, 1.54) is 11.3 Å². The zero-order valence-corrected chi connectivity index (χ0v) is 12.1. The van der Waals surface area contributed by atoms with Gasteiger partial charge in [0.15, 0.2) is 0 Å². The molecule has 4 nitrogen and oxygen atoms in total. The Kier molecular flexibility index (Phi) is 4.02. The first-order chi connectivity index (χ1) is 8.50. The molecule has 1 fully saturated rings. The van der Waals surface area contributed by atoms with E-state index in [1.54, 1.807) is 5.51 Å². The minimum Gasteiger partial charge on any atom is -0.337 e. The Hall–Kier alpha value is -0.940. The lowest BCUT2D eigenvalue weighted by atomic mass is 9.91. The highest BCUT2D eigenvalue weighted by molar-refractivity contribution is 7.11. The van der Waals surface area contributed by atoms with Gasteiger partial charge in [-0.2, -0.15) is 0 Å². The molecule has 1 aliphatic rings. The lowest BCUT2D eigenvalue weighted by Gasteiger charge is -2.22. The Morgan fingerprint density at radius 2 is 2.17 bits per heavy atom. The van der Waals surface area contributed by atoms with Crippen LogP contribution in [0.4, 0.5) is 0 Å². The molecule has 0 unspecified atom stereocenters. The van der Waals surface area contributed by atoms with Crippen molar-refractivity contribution in [2.45, 2.75) is 32.6 Å². The highest BCUT2D eigenvalue weighted by atomic mass is 32.1. The molecule has 0 radical (unpaired) electrons. The van der Waals surface area contributed by atoms with E-state index in [2.05, 4.69) is 31.1 Å². The summed E-state index contributed by atoms with van der Waals surface area (Å²) < 4.78 is 0. The molecule has 0 atom stereocenters. The fourth-order valence-corrected chi connectivity index (χ4v) is 3.09. The van der Waals surface area contributed by atoms with Gasteiger partial charge < -0.3 is 10.2 Å². The number of thiazole rings is 1. The highest BCUT2D eigenvalue weighted by Crippen LogP contribution is 2.28. The third-order valence-corrected chi connectivity index (χ3v) is 3.91. The molecule has 1 saturated heterocycles. The standard InChI is InChI=1S/C13H21N3OS/c1-13(2,3)11-10(18-9-15-11)12(17)16-7-4-5-14-6-8-16/h9,14H,4-8H2,1-3H3. The lowest BCUT2D eigenvalue weighted by Crippen LogP contribution is -2.35. The van der Waals surface area contributed by atoms with E-state index in [0.29, 0.717) is 0 Å². The van der Waals surface area contributed by atoms with Crippen LogP contribution in [0.25, 0.3) is 0 Å². The number of hydrogen-bond donors (Lipinski definition) is 1. The Morgan fingerprint density at radius 1 is 1.39 bits per heavy atom. The summed E-state index contributed by atoms with van der Waals surface area (Å²) in [6.07, 6.45) is 1.02. The van der Waals surface area contributed by atoms with Crippen LogP contribution in [0.1, 0.15) is 42.6 Å². The van der Waals surface area contributed by atoms with Gasteiger partial charge >= 0.3 is 0 Å². The maximum Gasteiger partial charge on any atom is 0.265 e. The topological polar surface area (TPSA) is 45.2 Å². The Bertz CT molecular complexity index is 414. The van der Waals surface area contributed by atoms with Gasteiger partial charge in [0, 0.05) is 25.0 Å². The SMILES string of the molecule is CC(C)(C)c1ncsc1C(=O)N1CCCNCC1. The van der Waals surface area contributed by atoms with E-state index in [-0.39, 0.29) is 11.3 Å². The zero-order chi connectivity index (χ0) is 13.2. The number of hydrogen-bond acceptors (Lipinski definition) is 4. The molecule has 1 aromatic heterocycles. The van der Waals surface area contributed by atoms with Crippen LogP contribution in [-0.4, -0.2) is 42.0 Å². The molecule has 2 rings (SSSR count). The van der Waals surface area contributed by atoms with E-state index in [1.807, 2.05) is 4.90 Å². The van der Waals surface area contributed by atoms with Crippen LogP contribution in [0.15, 0.2) is 5.51 Å². The third-order valence-electron chi connectivity index (χ3n) is 3.10. The van der Waals surface area contributed by atoms with Crippen molar-refractivity contribution in [3.05, 3.63) is 16.1 Å².